The van der Waals surface area contributed by atoms with Gasteiger partial charge in [0.1, 0.15) is 5.69 Å². The number of nitro groups is 1. The summed E-state index contributed by atoms with van der Waals surface area (Å²) in [5, 5.41) is 14.8. The Morgan fingerprint density at radius 1 is 1.12 bits per heavy atom. The summed E-state index contributed by atoms with van der Waals surface area (Å²) in [4.78, 5) is 27.9. The molecule has 1 aromatic heterocycles. The number of piperidine rings is 1. The van der Waals surface area contributed by atoms with Gasteiger partial charge in [-0.3, -0.25) is 10.1 Å². The van der Waals surface area contributed by atoms with E-state index in [0.717, 1.165) is 24.5 Å². The van der Waals surface area contributed by atoms with Gasteiger partial charge in [-0.2, -0.15) is 4.31 Å². The number of benzene rings is 2. The highest BCUT2D eigenvalue weighted by Crippen LogP contribution is 2.33. The maximum atomic E-state index is 13.0. The number of nitrogens with one attached hydrogen (secondary N) is 3. The van der Waals surface area contributed by atoms with Crippen molar-refractivity contribution >= 4 is 32.4 Å². The molecular formula is C21H25N5O5S. The first-order valence-electron chi connectivity index (χ1n) is 10.4. The second-order valence-corrected chi connectivity index (χ2v) is 10.2. The van der Waals surface area contributed by atoms with E-state index in [-0.39, 0.29) is 28.0 Å². The van der Waals surface area contributed by atoms with Crippen molar-refractivity contribution in [3.63, 3.8) is 0 Å². The van der Waals surface area contributed by atoms with Crippen LogP contribution in [0.4, 0.5) is 11.4 Å². The molecule has 0 unspecified atom stereocenters. The van der Waals surface area contributed by atoms with E-state index in [1.54, 1.807) is 12.1 Å². The number of sulfonamides is 1. The van der Waals surface area contributed by atoms with Gasteiger partial charge >= 0.3 is 5.69 Å². The molecule has 1 saturated heterocycles. The van der Waals surface area contributed by atoms with Gasteiger partial charge in [0.2, 0.25) is 10.0 Å². The van der Waals surface area contributed by atoms with Crippen LogP contribution in [-0.4, -0.2) is 40.7 Å². The van der Waals surface area contributed by atoms with Crippen molar-refractivity contribution in [3.05, 3.63) is 62.6 Å². The number of rotatable bonds is 6. The zero-order valence-corrected chi connectivity index (χ0v) is 18.6. The molecule has 32 heavy (non-hydrogen) atoms. The topological polar surface area (TPSA) is 141 Å². The Bertz CT molecular complexity index is 1320. The fourth-order valence-electron chi connectivity index (χ4n) is 3.96. The largest absolute Gasteiger partial charge is 0.373 e. The highest BCUT2D eigenvalue weighted by Gasteiger charge is 2.30. The summed E-state index contributed by atoms with van der Waals surface area (Å²) in [5.74, 6) is 0.465. The Hall–Kier alpha value is -3.18. The minimum absolute atomic E-state index is 0.0803. The van der Waals surface area contributed by atoms with E-state index in [0.29, 0.717) is 30.0 Å². The highest BCUT2D eigenvalue weighted by atomic mass is 32.2. The molecule has 2 heterocycles. The van der Waals surface area contributed by atoms with Crippen LogP contribution in [0.3, 0.4) is 0 Å². The molecule has 0 amide bonds. The van der Waals surface area contributed by atoms with Crippen LogP contribution in [-0.2, 0) is 10.0 Å². The SMILES string of the molecule is CC1CCN(S(=O)(=O)c2ccc(N[C@H](C)c3ccc4[nH]c(=O)[nH]c4c3)c([N+](=O)[O-])c2)CC1. The molecule has 1 aliphatic rings. The van der Waals surface area contributed by atoms with Crippen LogP contribution in [0.15, 0.2) is 46.1 Å². The zero-order valence-electron chi connectivity index (χ0n) is 17.8. The standard InChI is InChI=1S/C21H25N5O5S/c1-13-7-9-25(10-8-13)32(30,31)16-4-6-18(20(12-16)26(28)29)22-14(2)15-3-5-17-19(11-15)24-21(27)23-17/h3-6,11-14,22H,7-10H2,1-2H3,(H2,23,24,27)/t14-/m1/s1. The number of H-pyrrole nitrogens is 2. The first-order valence-corrected chi connectivity index (χ1v) is 11.9. The van der Waals surface area contributed by atoms with E-state index >= 15 is 0 Å². The third-order valence-electron chi connectivity index (χ3n) is 5.96. The molecule has 170 valence electrons. The van der Waals surface area contributed by atoms with Crippen LogP contribution in [0.25, 0.3) is 11.0 Å². The van der Waals surface area contributed by atoms with E-state index in [2.05, 4.69) is 22.2 Å². The Balaban J connectivity index is 1.61. The van der Waals surface area contributed by atoms with Crippen molar-refractivity contribution in [3.8, 4) is 0 Å². The van der Waals surface area contributed by atoms with Gasteiger partial charge in [-0.1, -0.05) is 13.0 Å². The Labute approximate surface area is 184 Å². The van der Waals surface area contributed by atoms with Crippen molar-refractivity contribution in [1.29, 1.82) is 0 Å². The van der Waals surface area contributed by atoms with Crippen LogP contribution in [0.2, 0.25) is 0 Å². The first kappa shape index (κ1) is 22.0. The third kappa shape index (κ3) is 4.26. The second-order valence-electron chi connectivity index (χ2n) is 8.27. The summed E-state index contributed by atoms with van der Waals surface area (Å²) in [6.45, 7) is 4.74. The normalized spacial score (nSPS) is 16.8. The summed E-state index contributed by atoms with van der Waals surface area (Å²) in [6.07, 6.45) is 1.55. The molecule has 11 heteroatoms. The lowest BCUT2D eigenvalue weighted by Crippen LogP contribution is -2.37. The average molecular weight is 460 g/mol. The maximum absolute atomic E-state index is 13.0. The van der Waals surface area contributed by atoms with Crippen molar-refractivity contribution in [2.45, 2.75) is 37.6 Å². The van der Waals surface area contributed by atoms with Gasteiger partial charge in [-0.25, -0.2) is 13.2 Å². The third-order valence-corrected chi connectivity index (χ3v) is 7.85. The molecular weight excluding hydrogens is 434 g/mol. The van der Waals surface area contributed by atoms with Crippen molar-refractivity contribution < 1.29 is 13.3 Å². The van der Waals surface area contributed by atoms with E-state index in [1.807, 2.05) is 13.0 Å². The van der Waals surface area contributed by atoms with Gasteiger partial charge in [0.15, 0.2) is 0 Å². The predicted octanol–water partition coefficient (Wildman–Crippen LogP) is 3.36. The number of hydrogen-bond donors (Lipinski definition) is 3. The highest BCUT2D eigenvalue weighted by molar-refractivity contribution is 7.89. The first-order chi connectivity index (χ1) is 15.1. The molecule has 3 N–H and O–H groups in total. The lowest BCUT2D eigenvalue weighted by Gasteiger charge is -2.29. The van der Waals surface area contributed by atoms with E-state index < -0.39 is 14.9 Å². The molecule has 0 bridgehead atoms. The van der Waals surface area contributed by atoms with Crippen LogP contribution in [0, 0.1) is 16.0 Å². The summed E-state index contributed by atoms with van der Waals surface area (Å²) in [5.41, 5.74) is 1.71. The van der Waals surface area contributed by atoms with Crippen molar-refractivity contribution in [1.82, 2.24) is 14.3 Å². The molecule has 0 aliphatic carbocycles. The Morgan fingerprint density at radius 3 is 2.50 bits per heavy atom. The number of nitrogens with zero attached hydrogens (tertiary/aromatic N) is 2. The monoisotopic (exact) mass is 459 g/mol. The van der Waals surface area contributed by atoms with E-state index in [1.165, 1.54) is 16.4 Å². The summed E-state index contributed by atoms with van der Waals surface area (Å²) in [7, 11) is -3.80. The molecule has 10 nitrogen and oxygen atoms in total. The average Bonchev–Trinajstić information content (AvgIpc) is 3.13. The number of imidazole rings is 1. The minimum Gasteiger partial charge on any atom is -0.373 e. The Kier molecular flexibility index (Phi) is 5.78. The summed E-state index contributed by atoms with van der Waals surface area (Å²) >= 11 is 0. The van der Waals surface area contributed by atoms with Crippen LogP contribution < -0.4 is 11.0 Å². The molecule has 1 atom stereocenters. The van der Waals surface area contributed by atoms with Crippen molar-refractivity contribution in [2.24, 2.45) is 5.92 Å². The van der Waals surface area contributed by atoms with E-state index in [9.17, 15) is 23.3 Å². The second kappa shape index (κ2) is 8.40. The van der Waals surface area contributed by atoms with Gasteiger partial charge in [0.05, 0.1) is 20.9 Å². The zero-order chi connectivity index (χ0) is 23.0. The minimum atomic E-state index is -3.80. The van der Waals surface area contributed by atoms with Crippen LogP contribution in [0.1, 0.15) is 38.3 Å². The molecule has 1 fully saturated rings. The smallest absolute Gasteiger partial charge is 0.323 e. The summed E-state index contributed by atoms with van der Waals surface area (Å²) < 4.78 is 27.4. The molecule has 0 radical (unpaired) electrons. The number of aromatic amines is 2. The molecule has 0 saturated carbocycles. The molecule has 4 rings (SSSR count). The molecule has 3 aromatic rings. The molecule has 1 aliphatic heterocycles. The predicted molar refractivity (Wildman–Crippen MR) is 121 cm³/mol. The lowest BCUT2D eigenvalue weighted by molar-refractivity contribution is -0.384. The van der Waals surface area contributed by atoms with Gasteiger partial charge in [0, 0.05) is 25.2 Å². The van der Waals surface area contributed by atoms with Crippen LogP contribution in [0.5, 0.6) is 0 Å². The molecule has 0 spiro atoms. The Morgan fingerprint density at radius 2 is 1.81 bits per heavy atom. The summed E-state index contributed by atoms with van der Waals surface area (Å²) in [6, 6.07) is 8.98. The number of fused-ring (bicyclic) bond motifs is 1. The number of anilines is 1. The van der Waals surface area contributed by atoms with Gasteiger partial charge < -0.3 is 15.3 Å². The fraction of sp³-hybridized carbons (Fsp3) is 0.381. The number of nitro benzene ring substituents is 1. The van der Waals surface area contributed by atoms with Crippen LogP contribution >= 0.6 is 0 Å². The maximum Gasteiger partial charge on any atom is 0.323 e. The van der Waals surface area contributed by atoms with Gasteiger partial charge in [-0.05, 0) is 55.5 Å². The van der Waals surface area contributed by atoms with Gasteiger partial charge in [-0.15, -0.1) is 0 Å². The fourth-order valence-corrected chi connectivity index (χ4v) is 5.45. The number of aromatic nitrogens is 2. The quantitative estimate of drug-likeness (QED) is 0.381. The molecule has 2 aromatic carbocycles. The lowest BCUT2D eigenvalue weighted by atomic mass is 10.0. The van der Waals surface area contributed by atoms with Gasteiger partial charge in [0.25, 0.3) is 5.69 Å². The number of hydrogen-bond acceptors (Lipinski definition) is 6. The van der Waals surface area contributed by atoms with Crippen molar-refractivity contribution in [2.75, 3.05) is 18.4 Å². The van der Waals surface area contributed by atoms with E-state index in [4.69, 9.17) is 0 Å².